The van der Waals surface area contributed by atoms with Crippen molar-refractivity contribution < 1.29 is 17.6 Å². The van der Waals surface area contributed by atoms with Gasteiger partial charge in [0.25, 0.3) is 0 Å². The zero-order valence-electron chi connectivity index (χ0n) is 9.93. The topological polar surface area (TPSA) is 38.0 Å². The van der Waals surface area contributed by atoms with Crippen LogP contribution in [-0.2, 0) is 0 Å². The Hall–Kier alpha value is -1.44. The molecule has 7 heteroatoms. The van der Waals surface area contributed by atoms with E-state index in [0.29, 0.717) is 4.47 Å². The molecule has 0 aliphatic rings. The van der Waals surface area contributed by atoms with Gasteiger partial charge in [0, 0.05) is 10.0 Å². The minimum atomic E-state index is -1.60. The zero-order chi connectivity index (χ0) is 14.9. The third kappa shape index (κ3) is 2.84. The minimum Gasteiger partial charge on any atom is -0.271 e. The first-order valence-corrected chi connectivity index (χ1v) is 6.29. The van der Waals surface area contributed by atoms with E-state index < -0.39 is 29.3 Å². The number of rotatable bonds is 3. The van der Waals surface area contributed by atoms with Gasteiger partial charge in [0.2, 0.25) is 0 Å². The molecule has 0 saturated carbocycles. The Kier molecular flexibility index (Phi) is 4.42. The first-order chi connectivity index (χ1) is 9.43. The Balaban J connectivity index is 2.55. The van der Waals surface area contributed by atoms with E-state index in [1.54, 1.807) is 0 Å². The van der Waals surface area contributed by atoms with E-state index in [1.165, 1.54) is 12.1 Å². The molecule has 0 aliphatic carbocycles. The second-order valence-electron chi connectivity index (χ2n) is 4.07. The van der Waals surface area contributed by atoms with Gasteiger partial charge in [0.15, 0.2) is 17.5 Å². The smallest absolute Gasteiger partial charge is 0.194 e. The van der Waals surface area contributed by atoms with Crippen LogP contribution in [-0.4, -0.2) is 0 Å². The van der Waals surface area contributed by atoms with Crippen LogP contribution >= 0.6 is 15.9 Å². The number of hydrogen-bond acceptors (Lipinski definition) is 2. The lowest BCUT2D eigenvalue weighted by molar-refractivity contribution is 0.433. The van der Waals surface area contributed by atoms with Gasteiger partial charge >= 0.3 is 0 Å². The van der Waals surface area contributed by atoms with Gasteiger partial charge in [0.05, 0.1) is 6.04 Å². The third-order valence-electron chi connectivity index (χ3n) is 2.76. The Morgan fingerprint density at radius 3 is 2.30 bits per heavy atom. The molecule has 0 heterocycles. The lowest BCUT2D eigenvalue weighted by Gasteiger charge is -2.18. The third-order valence-corrected chi connectivity index (χ3v) is 3.22. The van der Waals surface area contributed by atoms with Crippen LogP contribution in [0.4, 0.5) is 17.6 Å². The van der Waals surface area contributed by atoms with E-state index >= 15 is 0 Å². The van der Waals surface area contributed by atoms with Crippen molar-refractivity contribution >= 4 is 15.9 Å². The molecule has 0 aromatic heterocycles. The molecule has 2 nitrogen and oxygen atoms in total. The first kappa shape index (κ1) is 15.0. The molecule has 2 aromatic carbocycles. The Morgan fingerprint density at radius 1 is 1.00 bits per heavy atom. The Labute approximate surface area is 120 Å². The fraction of sp³-hybridized carbons (Fsp3) is 0.0769. The number of nitrogens with two attached hydrogens (primary N) is 1. The maximum atomic E-state index is 13.8. The van der Waals surface area contributed by atoms with Gasteiger partial charge in [-0.3, -0.25) is 5.84 Å². The SMILES string of the molecule is NNC(c1cc(F)cc(Br)c1)c1ccc(F)c(F)c1F. The summed E-state index contributed by atoms with van der Waals surface area (Å²) in [7, 11) is 0. The normalized spacial score (nSPS) is 12.5. The van der Waals surface area contributed by atoms with Crippen LogP contribution in [0.5, 0.6) is 0 Å². The van der Waals surface area contributed by atoms with Crippen molar-refractivity contribution in [2.24, 2.45) is 5.84 Å². The minimum absolute atomic E-state index is 0.219. The average molecular weight is 349 g/mol. The number of hydrogen-bond donors (Lipinski definition) is 2. The standard InChI is InChI=1S/C13H9BrF4N2/c14-7-3-6(4-8(15)5-7)13(20-19)9-1-2-10(16)12(18)11(9)17/h1-5,13,20H,19H2. The van der Waals surface area contributed by atoms with Crippen molar-refractivity contribution in [1.82, 2.24) is 5.43 Å². The molecule has 0 bridgehead atoms. The highest BCUT2D eigenvalue weighted by atomic mass is 79.9. The highest BCUT2D eigenvalue weighted by molar-refractivity contribution is 9.10. The van der Waals surface area contributed by atoms with Gasteiger partial charge in [-0.05, 0) is 29.8 Å². The molecule has 2 aromatic rings. The van der Waals surface area contributed by atoms with Gasteiger partial charge < -0.3 is 0 Å². The van der Waals surface area contributed by atoms with Crippen LogP contribution in [0.15, 0.2) is 34.8 Å². The molecule has 0 aliphatic heterocycles. The van der Waals surface area contributed by atoms with Crippen molar-refractivity contribution in [1.29, 1.82) is 0 Å². The van der Waals surface area contributed by atoms with Crippen LogP contribution in [0, 0.1) is 23.3 Å². The van der Waals surface area contributed by atoms with Gasteiger partial charge in [-0.2, -0.15) is 0 Å². The summed E-state index contributed by atoms with van der Waals surface area (Å²) in [6.45, 7) is 0. The number of benzene rings is 2. The summed E-state index contributed by atoms with van der Waals surface area (Å²) in [5, 5.41) is 0. The van der Waals surface area contributed by atoms with Gasteiger partial charge in [-0.15, -0.1) is 0 Å². The fourth-order valence-electron chi connectivity index (χ4n) is 1.87. The molecule has 0 amide bonds. The lowest BCUT2D eigenvalue weighted by Crippen LogP contribution is -2.30. The van der Waals surface area contributed by atoms with Crippen molar-refractivity contribution in [3.8, 4) is 0 Å². The molecule has 20 heavy (non-hydrogen) atoms. The van der Waals surface area contributed by atoms with E-state index in [1.807, 2.05) is 0 Å². The molecule has 2 rings (SSSR count). The van der Waals surface area contributed by atoms with E-state index in [0.717, 1.165) is 18.2 Å². The summed E-state index contributed by atoms with van der Waals surface area (Å²) in [5.41, 5.74) is 2.31. The van der Waals surface area contributed by atoms with Crippen molar-refractivity contribution in [2.45, 2.75) is 6.04 Å². The van der Waals surface area contributed by atoms with Crippen LogP contribution in [0.2, 0.25) is 0 Å². The number of halogens is 5. The highest BCUT2D eigenvalue weighted by Crippen LogP contribution is 2.28. The zero-order valence-corrected chi connectivity index (χ0v) is 11.5. The van der Waals surface area contributed by atoms with Crippen LogP contribution in [0.25, 0.3) is 0 Å². The fourth-order valence-corrected chi connectivity index (χ4v) is 2.35. The quantitative estimate of drug-likeness (QED) is 0.385. The number of hydrazine groups is 1. The van der Waals surface area contributed by atoms with Gasteiger partial charge in [-0.25, -0.2) is 23.0 Å². The highest BCUT2D eigenvalue weighted by Gasteiger charge is 2.22. The average Bonchev–Trinajstić information content (AvgIpc) is 2.38. The molecule has 1 unspecified atom stereocenters. The van der Waals surface area contributed by atoms with Crippen molar-refractivity contribution in [3.05, 3.63) is 69.2 Å². The number of nitrogens with one attached hydrogen (secondary N) is 1. The predicted molar refractivity (Wildman–Crippen MR) is 69.6 cm³/mol. The first-order valence-electron chi connectivity index (χ1n) is 5.49. The van der Waals surface area contributed by atoms with Crippen molar-refractivity contribution in [3.63, 3.8) is 0 Å². The van der Waals surface area contributed by atoms with Crippen LogP contribution in [0.3, 0.4) is 0 Å². The van der Waals surface area contributed by atoms with Gasteiger partial charge in [0.1, 0.15) is 5.82 Å². The maximum Gasteiger partial charge on any atom is 0.194 e. The summed E-state index contributed by atoms with van der Waals surface area (Å²) in [5.74, 6) is 0.482. The summed E-state index contributed by atoms with van der Waals surface area (Å²) in [6.07, 6.45) is 0. The summed E-state index contributed by atoms with van der Waals surface area (Å²) < 4.78 is 53.7. The monoisotopic (exact) mass is 348 g/mol. The second kappa shape index (κ2) is 5.90. The second-order valence-corrected chi connectivity index (χ2v) is 4.98. The molecule has 1 atom stereocenters. The largest absolute Gasteiger partial charge is 0.271 e. The molecule has 106 valence electrons. The Morgan fingerprint density at radius 2 is 1.70 bits per heavy atom. The maximum absolute atomic E-state index is 13.8. The van der Waals surface area contributed by atoms with E-state index in [4.69, 9.17) is 5.84 Å². The molecule has 0 fully saturated rings. The molecule has 0 spiro atoms. The summed E-state index contributed by atoms with van der Waals surface area (Å²) in [4.78, 5) is 0. The molecule has 3 N–H and O–H groups in total. The summed E-state index contributed by atoms with van der Waals surface area (Å²) >= 11 is 3.09. The molecular formula is C13H9BrF4N2. The lowest BCUT2D eigenvalue weighted by atomic mass is 9.98. The predicted octanol–water partition coefficient (Wildman–Crippen LogP) is 3.56. The molecule has 0 radical (unpaired) electrons. The molecule has 0 saturated heterocycles. The van der Waals surface area contributed by atoms with Crippen LogP contribution in [0.1, 0.15) is 17.2 Å². The summed E-state index contributed by atoms with van der Waals surface area (Å²) in [6, 6.07) is 4.64. The van der Waals surface area contributed by atoms with Crippen molar-refractivity contribution in [2.75, 3.05) is 0 Å². The van der Waals surface area contributed by atoms with Crippen LogP contribution < -0.4 is 11.3 Å². The van der Waals surface area contributed by atoms with E-state index in [9.17, 15) is 17.6 Å². The van der Waals surface area contributed by atoms with E-state index in [2.05, 4.69) is 21.4 Å². The van der Waals surface area contributed by atoms with E-state index in [-0.39, 0.29) is 11.1 Å². The van der Waals surface area contributed by atoms with Gasteiger partial charge in [-0.1, -0.05) is 22.0 Å². The Bertz CT molecular complexity index is 628. The molecular weight excluding hydrogens is 340 g/mol.